The Labute approximate surface area is 145 Å². The number of carbonyl (C=O) groups is 2. The largest absolute Gasteiger partial charge is 0.463 e. The molecule has 0 spiro atoms. The zero-order chi connectivity index (χ0) is 17.1. The molecule has 2 saturated heterocycles. The lowest BCUT2D eigenvalue weighted by Crippen LogP contribution is -2.31. The van der Waals surface area contributed by atoms with E-state index in [1.165, 1.54) is 24.1 Å². The summed E-state index contributed by atoms with van der Waals surface area (Å²) in [5.41, 5.74) is -0.563. The fourth-order valence-electron chi connectivity index (χ4n) is 2.20. The Morgan fingerprint density at radius 2 is 1.30 bits per heavy atom. The first kappa shape index (κ1) is 18.9. The minimum Gasteiger partial charge on any atom is -0.463 e. The Morgan fingerprint density at radius 3 is 1.61 bits per heavy atom. The average molecular weight is 364 g/mol. The third kappa shape index (κ3) is 4.78. The summed E-state index contributed by atoms with van der Waals surface area (Å²) in [7, 11) is 0. The Bertz CT molecular complexity index is 411. The first-order valence-corrected chi connectivity index (χ1v) is 9.46. The molecule has 2 heterocycles. The second kappa shape index (κ2) is 7.63. The van der Waals surface area contributed by atoms with Crippen molar-refractivity contribution in [2.45, 2.75) is 46.3 Å². The van der Waals surface area contributed by atoms with Gasteiger partial charge in [-0.2, -0.15) is 0 Å². The lowest BCUT2D eigenvalue weighted by atomic mass is 9.90. The van der Waals surface area contributed by atoms with Crippen molar-refractivity contribution >= 4 is 36.0 Å². The van der Waals surface area contributed by atoms with Gasteiger partial charge in [-0.3, -0.25) is 8.37 Å². The summed E-state index contributed by atoms with van der Waals surface area (Å²) in [6.07, 6.45) is -0.171. The highest BCUT2D eigenvalue weighted by molar-refractivity contribution is 7.95. The molecule has 2 rings (SSSR count). The molecule has 2 atom stereocenters. The van der Waals surface area contributed by atoms with Gasteiger partial charge in [0.15, 0.2) is 12.2 Å². The molecule has 0 aliphatic carbocycles. The van der Waals surface area contributed by atoms with Crippen molar-refractivity contribution in [2.24, 2.45) is 10.8 Å². The molecule has 0 saturated carbocycles. The zero-order valence-electron chi connectivity index (χ0n) is 14.0. The van der Waals surface area contributed by atoms with Crippen LogP contribution in [0, 0.1) is 10.8 Å². The van der Waals surface area contributed by atoms with Gasteiger partial charge in [0.2, 0.25) is 0 Å². The van der Waals surface area contributed by atoms with E-state index in [0.717, 1.165) is 17.9 Å². The highest BCUT2D eigenvalue weighted by atomic mass is 32.2. The van der Waals surface area contributed by atoms with Crippen molar-refractivity contribution in [3.63, 3.8) is 0 Å². The second-order valence-electron chi connectivity index (χ2n) is 7.14. The van der Waals surface area contributed by atoms with E-state index in [1.807, 2.05) is 27.7 Å². The lowest BCUT2D eigenvalue weighted by molar-refractivity contribution is -0.144. The van der Waals surface area contributed by atoms with Crippen molar-refractivity contribution < 1.29 is 27.4 Å². The van der Waals surface area contributed by atoms with E-state index in [2.05, 4.69) is 0 Å². The third-order valence-electron chi connectivity index (χ3n) is 3.80. The fourth-order valence-corrected chi connectivity index (χ4v) is 4.05. The molecule has 6 nitrogen and oxygen atoms in total. The number of esters is 2. The summed E-state index contributed by atoms with van der Waals surface area (Å²) in [6, 6.07) is 0. The smallest absolute Gasteiger partial charge is 0.337 e. The monoisotopic (exact) mass is 364 g/mol. The summed E-state index contributed by atoms with van der Waals surface area (Å²) < 4.78 is 21.2. The van der Waals surface area contributed by atoms with E-state index in [1.54, 1.807) is 0 Å². The predicted octanol–water partition coefficient (Wildman–Crippen LogP) is 2.61. The number of hydrogen-bond acceptors (Lipinski definition) is 8. The van der Waals surface area contributed by atoms with Crippen LogP contribution in [-0.4, -0.2) is 48.9 Å². The first-order chi connectivity index (χ1) is 10.7. The quantitative estimate of drug-likeness (QED) is 0.370. The average Bonchev–Trinajstić information content (AvgIpc) is 2.88. The lowest BCUT2D eigenvalue weighted by Gasteiger charge is -2.21. The normalized spacial score (nSPS) is 28.7. The van der Waals surface area contributed by atoms with Gasteiger partial charge in [-0.25, -0.2) is 9.59 Å². The Kier molecular flexibility index (Phi) is 6.27. The van der Waals surface area contributed by atoms with Crippen molar-refractivity contribution in [3.05, 3.63) is 0 Å². The molecule has 0 radical (unpaired) electrons. The summed E-state index contributed by atoms with van der Waals surface area (Å²) >= 11 is 2.56. The minimum atomic E-state index is -0.509. The van der Waals surface area contributed by atoms with E-state index < -0.39 is 12.2 Å². The second-order valence-corrected chi connectivity index (χ2v) is 8.82. The fraction of sp³-hybridized carbons (Fsp3) is 0.867. The van der Waals surface area contributed by atoms with Crippen LogP contribution in [0.2, 0.25) is 0 Å². The van der Waals surface area contributed by atoms with Gasteiger partial charge in [0.25, 0.3) is 0 Å². The van der Waals surface area contributed by atoms with E-state index in [0.29, 0.717) is 13.2 Å². The molecule has 132 valence electrons. The van der Waals surface area contributed by atoms with Crippen LogP contribution in [0.15, 0.2) is 0 Å². The van der Waals surface area contributed by atoms with Gasteiger partial charge in [-0.05, 0) is 30.5 Å². The maximum Gasteiger partial charge on any atom is 0.337 e. The predicted molar refractivity (Wildman–Crippen MR) is 88.8 cm³/mol. The summed E-state index contributed by atoms with van der Waals surface area (Å²) in [5.74, 6) is 0.910. The summed E-state index contributed by atoms with van der Waals surface area (Å²) in [4.78, 5) is 23.1. The molecule has 2 unspecified atom stereocenters. The highest BCUT2D eigenvalue weighted by Crippen LogP contribution is 2.35. The summed E-state index contributed by atoms with van der Waals surface area (Å²) in [6.45, 7) is 8.61. The first-order valence-electron chi connectivity index (χ1n) is 7.64. The van der Waals surface area contributed by atoms with Crippen molar-refractivity contribution in [1.29, 1.82) is 0 Å². The van der Waals surface area contributed by atoms with Gasteiger partial charge in [-0.1, -0.05) is 27.7 Å². The maximum absolute atomic E-state index is 11.6. The van der Waals surface area contributed by atoms with Crippen LogP contribution >= 0.6 is 24.1 Å². The number of hydrogen-bond donors (Lipinski definition) is 0. The Morgan fingerprint density at radius 1 is 0.913 bits per heavy atom. The highest BCUT2D eigenvalue weighted by Gasteiger charge is 2.45. The number of carbonyl (C=O) groups excluding carboxylic acids is 2. The zero-order valence-corrected chi connectivity index (χ0v) is 15.6. The van der Waals surface area contributed by atoms with E-state index >= 15 is 0 Å². The number of ether oxygens (including phenoxy) is 2. The Hall–Kier alpha value is -0.440. The van der Waals surface area contributed by atoms with Crippen LogP contribution in [0.5, 0.6) is 0 Å². The van der Waals surface area contributed by atoms with E-state index in [-0.39, 0.29) is 22.8 Å². The van der Waals surface area contributed by atoms with Crippen molar-refractivity contribution in [3.8, 4) is 0 Å². The molecule has 2 aliphatic rings. The van der Waals surface area contributed by atoms with Gasteiger partial charge in [0.05, 0.1) is 13.2 Å². The Balaban J connectivity index is 1.56. The minimum absolute atomic E-state index is 0.281. The molecule has 0 N–H and O–H groups in total. The standard InChI is InChI=1S/C15H24O6S2/c1-14(2)8-18-12(16)10(14)20-22-6-5-7-23-21-11-13(17)19-9-15(11,3)4/h10-11H,5-9H2,1-4H3. The van der Waals surface area contributed by atoms with E-state index in [4.69, 9.17) is 17.8 Å². The van der Waals surface area contributed by atoms with Crippen LogP contribution in [0.25, 0.3) is 0 Å². The molecular weight excluding hydrogens is 340 g/mol. The van der Waals surface area contributed by atoms with Gasteiger partial charge in [-0.15, -0.1) is 0 Å². The molecule has 0 aromatic rings. The molecule has 8 heteroatoms. The number of rotatable bonds is 8. The molecule has 23 heavy (non-hydrogen) atoms. The van der Waals surface area contributed by atoms with Crippen LogP contribution in [0.3, 0.4) is 0 Å². The van der Waals surface area contributed by atoms with Crippen LogP contribution in [-0.2, 0) is 27.4 Å². The van der Waals surface area contributed by atoms with Crippen molar-refractivity contribution in [2.75, 3.05) is 24.7 Å². The molecule has 0 aromatic carbocycles. The number of cyclic esters (lactones) is 2. The molecular formula is C15H24O6S2. The van der Waals surface area contributed by atoms with Crippen LogP contribution in [0.4, 0.5) is 0 Å². The van der Waals surface area contributed by atoms with Gasteiger partial charge < -0.3 is 9.47 Å². The van der Waals surface area contributed by atoms with Gasteiger partial charge in [0.1, 0.15) is 0 Å². The van der Waals surface area contributed by atoms with E-state index in [9.17, 15) is 9.59 Å². The molecule has 2 aliphatic heterocycles. The topological polar surface area (TPSA) is 71.1 Å². The SMILES string of the molecule is CC1(C)COC(=O)C1OSCCCSOC1C(=O)OCC1(C)C. The molecule has 0 bridgehead atoms. The van der Waals surface area contributed by atoms with Gasteiger partial charge in [0, 0.05) is 22.3 Å². The summed E-state index contributed by atoms with van der Waals surface area (Å²) in [5, 5.41) is 0. The molecule has 2 fully saturated rings. The van der Waals surface area contributed by atoms with Crippen LogP contribution in [0.1, 0.15) is 34.1 Å². The van der Waals surface area contributed by atoms with Crippen LogP contribution < -0.4 is 0 Å². The van der Waals surface area contributed by atoms with Crippen molar-refractivity contribution in [1.82, 2.24) is 0 Å². The maximum atomic E-state index is 11.6. The third-order valence-corrected chi connectivity index (χ3v) is 5.37. The molecule has 0 amide bonds. The molecule has 0 aromatic heterocycles. The van der Waals surface area contributed by atoms with Gasteiger partial charge >= 0.3 is 11.9 Å².